The van der Waals surface area contributed by atoms with Crippen molar-refractivity contribution in [3.8, 4) is 11.1 Å². The van der Waals surface area contributed by atoms with Gasteiger partial charge in [0.2, 0.25) is 0 Å². The lowest BCUT2D eigenvalue weighted by molar-refractivity contribution is 0.660. The molecule has 4 heteroatoms. The van der Waals surface area contributed by atoms with Gasteiger partial charge >= 0.3 is 0 Å². The SMILES string of the molecule is C=C/C=C(\C)c1ccc2oc3cccc(C(=N)N)c3c2c1.Cc1ccc2c(c1)C(C)(C)c1ccccc1-2.NCc1ccccc1. The molecule has 0 bridgehead atoms. The van der Waals surface area contributed by atoms with Crippen LogP contribution >= 0.6 is 0 Å². The Morgan fingerprint density at radius 1 is 0.822 bits per heavy atom. The molecule has 7 rings (SSSR count). The third-order valence-corrected chi connectivity index (χ3v) is 8.43. The van der Waals surface area contributed by atoms with Gasteiger partial charge in [0.15, 0.2) is 0 Å². The predicted molar refractivity (Wildman–Crippen MR) is 192 cm³/mol. The Kier molecular flexibility index (Phi) is 9.17. The molecule has 0 unspecified atom stereocenters. The summed E-state index contributed by atoms with van der Waals surface area (Å²) in [5, 5.41) is 9.62. The van der Waals surface area contributed by atoms with Crippen LogP contribution in [0, 0.1) is 12.3 Å². The molecule has 226 valence electrons. The highest BCUT2D eigenvalue weighted by Crippen LogP contribution is 2.48. The molecule has 1 aliphatic carbocycles. The number of fused-ring (bicyclic) bond motifs is 6. The van der Waals surface area contributed by atoms with Gasteiger partial charge in [-0.25, -0.2) is 0 Å². The summed E-state index contributed by atoms with van der Waals surface area (Å²) >= 11 is 0. The molecule has 0 amide bonds. The largest absolute Gasteiger partial charge is 0.456 e. The number of nitrogens with two attached hydrogens (primary N) is 2. The van der Waals surface area contributed by atoms with Gasteiger partial charge in [-0.1, -0.05) is 129 Å². The summed E-state index contributed by atoms with van der Waals surface area (Å²) in [6, 6.07) is 37.2. The first kappa shape index (κ1) is 31.2. The molecule has 0 atom stereocenters. The van der Waals surface area contributed by atoms with Gasteiger partial charge in [-0.15, -0.1) is 0 Å². The monoisotopic (exact) mass is 591 g/mol. The Balaban J connectivity index is 0.000000147. The van der Waals surface area contributed by atoms with Crippen molar-refractivity contribution in [2.24, 2.45) is 11.5 Å². The van der Waals surface area contributed by atoms with E-state index in [1.807, 2.05) is 73.7 Å². The van der Waals surface area contributed by atoms with E-state index in [2.05, 4.69) is 75.9 Å². The molecule has 0 spiro atoms. The molecule has 1 aromatic heterocycles. The van der Waals surface area contributed by atoms with Crippen molar-refractivity contribution in [1.82, 2.24) is 0 Å². The zero-order chi connectivity index (χ0) is 32.1. The van der Waals surface area contributed by atoms with Crippen LogP contribution in [-0.4, -0.2) is 5.84 Å². The first-order valence-corrected chi connectivity index (χ1v) is 15.2. The van der Waals surface area contributed by atoms with Gasteiger partial charge in [-0.3, -0.25) is 5.41 Å². The first-order valence-electron chi connectivity index (χ1n) is 15.2. The molecule has 0 fully saturated rings. The molecule has 0 saturated heterocycles. The van der Waals surface area contributed by atoms with Gasteiger partial charge < -0.3 is 15.9 Å². The fraction of sp³-hybridized carbons (Fsp3) is 0.146. The maximum absolute atomic E-state index is 7.75. The minimum atomic E-state index is 0.0482. The van der Waals surface area contributed by atoms with Crippen LogP contribution < -0.4 is 11.5 Å². The van der Waals surface area contributed by atoms with E-state index in [0.717, 1.165) is 33.1 Å². The van der Waals surface area contributed by atoms with Crippen molar-refractivity contribution in [2.45, 2.75) is 39.7 Å². The molecule has 0 saturated carbocycles. The molecule has 4 nitrogen and oxygen atoms in total. The van der Waals surface area contributed by atoms with Gasteiger partial charge in [-0.05, 0) is 71.0 Å². The zero-order valence-corrected chi connectivity index (χ0v) is 26.5. The van der Waals surface area contributed by atoms with Crippen molar-refractivity contribution >= 4 is 33.3 Å². The quantitative estimate of drug-likeness (QED) is 0.108. The van der Waals surface area contributed by atoms with Gasteiger partial charge in [0.05, 0.1) is 0 Å². The van der Waals surface area contributed by atoms with Crippen LogP contribution in [-0.2, 0) is 12.0 Å². The Morgan fingerprint density at radius 3 is 2.22 bits per heavy atom. The third-order valence-electron chi connectivity index (χ3n) is 8.43. The number of amidine groups is 1. The fourth-order valence-electron chi connectivity index (χ4n) is 6.00. The highest BCUT2D eigenvalue weighted by atomic mass is 16.3. The number of allylic oxidation sites excluding steroid dienone is 3. The molecule has 6 aromatic rings. The van der Waals surface area contributed by atoms with Crippen LogP contribution in [0.4, 0.5) is 0 Å². The van der Waals surface area contributed by atoms with Crippen molar-refractivity contribution < 1.29 is 4.42 Å². The highest BCUT2D eigenvalue weighted by Gasteiger charge is 2.34. The molecule has 5 N–H and O–H groups in total. The van der Waals surface area contributed by atoms with Gasteiger partial charge in [0.25, 0.3) is 0 Å². The topological polar surface area (TPSA) is 89.0 Å². The molecule has 1 aliphatic rings. The number of benzene rings is 5. The van der Waals surface area contributed by atoms with E-state index in [1.165, 1.54) is 33.4 Å². The molecule has 45 heavy (non-hydrogen) atoms. The molecular weight excluding hydrogens is 550 g/mol. The van der Waals surface area contributed by atoms with Gasteiger partial charge in [0.1, 0.15) is 17.0 Å². The molecule has 0 aliphatic heterocycles. The van der Waals surface area contributed by atoms with Crippen molar-refractivity contribution in [3.05, 3.63) is 161 Å². The highest BCUT2D eigenvalue weighted by molar-refractivity contribution is 6.17. The number of nitrogens with one attached hydrogen (secondary N) is 1. The van der Waals surface area contributed by atoms with E-state index in [9.17, 15) is 0 Å². The molecule has 1 heterocycles. The molecular formula is C41H41N3O. The second kappa shape index (κ2) is 13.2. The Labute approximate surface area is 266 Å². The minimum Gasteiger partial charge on any atom is -0.456 e. The Morgan fingerprint density at radius 2 is 1.53 bits per heavy atom. The van der Waals surface area contributed by atoms with Crippen LogP contribution in [0.5, 0.6) is 0 Å². The maximum Gasteiger partial charge on any atom is 0.136 e. The lowest BCUT2D eigenvalue weighted by Crippen LogP contribution is -2.14. The van der Waals surface area contributed by atoms with Crippen LogP contribution in [0.2, 0.25) is 0 Å². The first-order chi connectivity index (χ1) is 21.6. The van der Waals surface area contributed by atoms with Crippen LogP contribution in [0.3, 0.4) is 0 Å². The van der Waals surface area contributed by atoms with E-state index in [1.54, 1.807) is 6.08 Å². The number of hydrogen-bond acceptors (Lipinski definition) is 3. The zero-order valence-electron chi connectivity index (χ0n) is 26.5. The number of aryl methyl sites for hydroxylation is 1. The molecule has 0 radical (unpaired) electrons. The van der Waals surface area contributed by atoms with Gasteiger partial charge in [0, 0.05) is 28.3 Å². The predicted octanol–water partition coefficient (Wildman–Crippen LogP) is 9.91. The van der Waals surface area contributed by atoms with Crippen molar-refractivity contribution in [2.75, 3.05) is 0 Å². The average Bonchev–Trinajstić information content (AvgIpc) is 3.54. The fourth-order valence-corrected chi connectivity index (χ4v) is 6.00. The summed E-state index contributed by atoms with van der Waals surface area (Å²) in [7, 11) is 0. The Bertz CT molecular complexity index is 2030. The van der Waals surface area contributed by atoms with Crippen LogP contribution in [0.15, 0.2) is 132 Å². The van der Waals surface area contributed by atoms with Crippen molar-refractivity contribution in [3.63, 3.8) is 0 Å². The minimum absolute atomic E-state index is 0.0482. The molecule has 5 aromatic carbocycles. The van der Waals surface area contributed by atoms with Crippen LogP contribution in [0.1, 0.15) is 54.2 Å². The summed E-state index contributed by atoms with van der Waals surface area (Å²) in [4.78, 5) is 0. The lowest BCUT2D eigenvalue weighted by atomic mass is 9.82. The summed E-state index contributed by atoms with van der Waals surface area (Å²) < 4.78 is 5.85. The van der Waals surface area contributed by atoms with Gasteiger partial charge in [-0.2, -0.15) is 0 Å². The Hall–Kier alpha value is -5.19. The smallest absolute Gasteiger partial charge is 0.136 e. The van der Waals surface area contributed by atoms with E-state index >= 15 is 0 Å². The van der Waals surface area contributed by atoms with Crippen molar-refractivity contribution in [1.29, 1.82) is 5.41 Å². The second-order valence-corrected chi connectivity index (χ2v) is 11.9. The standard InChI is InChI=1S/C18H16N2O.C16H16.C7H9N/c1-3-5-11(2)12-8-9-15-14(10-12)17-13(18(19)20)6-4-7-16(17)21-15;1-11-8-9-13-12-6-4-5-7-14(12)16(2,3)15(13)10-11;8-6-7-4-2-1-3-5-7/h3-10H,1H2,2H3,(H3,19,20);4-10H,1-3H3;1-5H,6,8H2/b11-5+;;. The summed E-state index contributed by atoms with van der Waals surface area (Å²) in [6.07, 6.45) is 3.74. The third kappa shape index (κ3) is 6.38. The average molecular weight is 592 g/mol. The van der Waals surface area contributed by atoms with E-state index in [4.69, 9.17) is 21.3 Å². The van der Waals surface area contributed by atoms with E-state index < -0.39 is 0 Å². The maximum atomic E-state index is 7.75. The number of nitrogen functional groups attached to an aromatic ring is 1. The summed E-state index contributed by atoms with van der Waals surface area (Å²) in [5.41, 5.74) is 23.9. The summed E-state index contributed by atoms with van der Waals surface area (Å²) in [6.45, 7) is 13.2. The number of hydrogen-bond donors (Lipinski definition) is 3. The van der Waals surface area contributed by atoms with Crippen LogP contribution in [0.25, 0.3) is 38.6 Å². The number of furan rings is 1. The second-order valence-electron chi connectivity index (χ2n) is 11.9. The normalized spacial score (nSPS) is 12.8. The number of rotatable bonds is 4. The van der Waals surface area contributed by atoms with E-state index in [0.29, 0.717) is 12.1 Å². The summed E-state index contributed by atoms with van der Waals surface area (Å²) in [5.74, 6) is 0.0482. The lowest BCUT2D eigenvalue weighted by Gasteiger charge is -2.21. The van der Waals surface area contributed by atoms with E-state index in [-0.39, 0.29) is 11.3 Å².